The summed E-state index contributed by atoms with van der Waals surface area (Å²) in [7, 11) is 0. The van der Waals surface area contributed by atoms with Crippen LogP contribution in [-0.4, -0.2) is 92.7 Å². The molecule has 3 saturated heterocycles. The highest BCUT2D eigenvalue weighted by Gasteiger charge is 2.61. The minimum atomic E-state index is -1.44. The Hall–Kier alpha value is -2.61. The van der Waals surface area contributed by atoms with Gasteiger partial charge >= 0.3 is 12.1 Å². The van der Waals surface area contributed by atoms with E-state index in [1.54, 1.807) is 65.0 Å². The monoisotopic (exact) mass is 594 g/mol. The molecule has 0 spiro atoms. The molecule has 3 fully saturated rings. The van der Waals surface area contributed by atoms with Crippen molar-refractivity contribution in [3.8, 4) is 0 Å². The van der Waals surface area contributed by atoms with E-state index in [9.17, 15) is 14.4 Å². The molecule has 1 aromatic rings. The highest BCUT2D eigenvalue weighted by Crippen LogP contribution is 2.43. The van der Waals surface area contributed by atoms with Crippen molar-refractivity contribution in [1.82, 2.24) is 0 Å². The van der Waals surface area contributed by atoms with E-state index < -0.39 is 73.0 Å². The Morgan fingerprint density at radius 1 is 0.952 bits per heavy atom. The summed E-state index contributed by atoms with van der Waals surface area (Å²) in [6, 6.07) is 8.41. The molecule has 3 aliphatic rings. The summed E-state index contributed by atoms with van der Waals surface area (Å²) in [5.74, 6) is -2.86. The van der Waals surface area contributed by atoms with Gasteiger partial charge in [0.05, 0.1) is 19.3 Å². The smallest absolute Gasteiger partial charge is 0.433 e. The van der Waals surface area contributed by atoms with Crippen LogP contribution in [0, 0.1) is 5.41 Å². The van der Waals surface area contributed by atoms with Crippen LogP contribution in [0.25, 0.3) is 0 Å². The average molecular weight is 595 g/mol. The quantitative estimate of drug-likeness (QED) is 0.257. The summed E-state index contributed by atoms with van der Waals surface area (Å²) in [6.45, 7) is 11.7. The molecule has 12 nitrogen and oxygen atoms in total. The van der Waals surface area contributed by atoms with E-state index in [1.165, 1.54) is 0 Å². The van der Waals surface area contributed by atoms with Crippen molar-refractivity contribution < 1.29 is 57.0 Å². The van der Waals surface area contributed by atoms with Crippen LogP contribution in [0.4, 0.5) is 4.79 Å². The second-order valence-electron chi connectivity index (χ2n) is 12.0. The van der Waals surface area contributed by atoms with Gasteiger partial charge in [0.2, 0.25) is 6.29 Å². The summed E-state index contributed by atoms with van der Waals surface area (Å²) in [5.41, 5.74) is -1.04. The predicted octanol–water partition coefficient (Wildman–Crippen LogP) is 3.78. The second kappa shape index (κ2) is 12.9. The van der Waals surface area contributed by atoms with Crippen LogP contribution in [0.5, 0.6) is 0 Å². The number of carbonyl (C=O) groups is 3. The molecule has 42 heavy (non-hydrogen) atoms. The van der Waals surface area contributed by atoms with E-state index in [0.29, 0.717) is 12.0 Å². The third-order valence-electron chi connectivity index (χ3n) is 7.35. The van der Waals surface area contributed by atoms with Crippen LogP contribution in [0.15, 0.2) is 30.3 Å². The molecule has 0 amide bonds. The number of ketones is 1. The molecule has 0 aliphatic carbocycles. The fraction of sp³-hybridized carbons (Fsp3) is 0.700. The minimum Gasteiger partial charge on any atom is -0.433 e. The first-order valence-corrected chi connectivity index (χ1v) is 14.3. The number of benzene rings is 1. The molecule has 0 bridgehead atoms. The fourth-order valence-corrected chi connectivity index (χ4v) is 4.81. The SMILES string of the molecule is CCC(C)OCC(C)(COC(=O)OCC(=O)c1ccccc1)C(=O)OC1O[C@H](C2COC(C)(C)O2)[C@@H]2OC(C)(C)O[C@H]12. The topological polar surface area (TPSA) is 134 Å². The van der Waals surface area contributed by atoms with Crippen molar-refractivity contribution >= 4 is 17.9 Å². The van der Waals surface area contributed by atoms with Gasteiger partial charge < -0.3 is 42.6 Å². The molecule has 4 rings (SSSR count). The lowest BCUT2D eigenvalue weighted by Gasteiger charge is -2.30. The van der Waals surface area contributed by atoms with Crippen molar-refractivity contribution in [2.24, 2.45) is 5.41 Å². The number of carbonyl (C=O) groups excluding carboxylic acids is 3. The molecule has 0 radical (unpaired) electrons. The first-order chi connectivity index (χ1) is 19.7. The van der Waals surface area contributed by atoms with Gasteiger partial charge in [0.25, 0.3) is 0 Å². The number of hydrogen-bond donors (Lipinski definition) is 0. The molecule has 3 aliphatic heterocycles. The average Bonchev–Trinajstić information content (AvgIpc) is 3.58. The number of hydrogen-bond acceptors (Lipinski definition) is 12. The molecular weight excluding hydrogens is 552 g/mol. The standard InChI is InChI=1S/C30H42O12/c1-8-18(2)35-16-30(7,17-36-27(33)34-14-20(31)19-12-10-9-11-13-19)26(32)39-25-24-23(41-29(5,6)42-24)22(38-25)21-15-37-28(3,4)40-21/h9-13,18,21-25H,8,14-17H2,1-7H3/t18?,21?,22-,23+,24+,25?,30?/m1/s1. The van der Waals surface area contributed by atoms with Gasteiger partial charge in [0.1, 0.15) is 30.3 Å². The third-order valence-corrected chi connectivity index (χ3v) is 7.35. The highest BCUT2D eigenvalue weighted by atomic mass is 16.8. The van der Waals surface area contributed by atoms with Crippen molar-refractivity contribution in [2.45, 2.75) is 103 Å². The van der Waals surface area contributed by atoms with Gasteiger partial charge in [-0.3, -0.25) is 9.59 Å². The van der Waals surface area contributed by atoms with Gasteiger partial charge in [-0.05, 0) is 48.0 Å². The van der Waals surface area contributed by atoms with Gasteiger partial charge in [-0.25, -0.2) is 4.79 Å². The van der Waals surface area contributed by atoms with E-state index in [4.69, 9.17) is 42.6 Å². The maximum absolute atomic E-state index is 13.6. The van der Waals surface area contributed by atoms with Crippen LogP contribution < -0.4 is 0 Å². The zero-order chi connectivity index (χ0) is 30.7. The second-order valence-corrected chi connectivity index (χ2v) is 12.0. The van der Waals surface area contributed by atoms with Crippen molar-refractivity contribution in [2.75, 3.05) is 26.4 Å². The first kappa shape index (κ1) is 32.3. The summed E-state index contributed by atoms with van der Waals surface area (Å²) in [5, 5.41) is 0. The largest absolute Gasteiger partial charge is 0.508 e. The van der Waals surface area contributed by atoms with E-state index in [0.717, 1.165) is 0 Å². The van der Waals surface area contributed by atoms with Gasteiger partial charge in [-0.2, -0.15) is 0 Å². The highest BCUT2D eigenvalue weighted by molar-refractivity contribution is 5.97. The molecular formula is C30H42O12. The van der Waals surface area contributed by atoms with Crippen LogP contribution in [0.2, 0.25) is 0 Å². The lowest BCUT2D eigenvalue weighted by Crippen LogP contribution is -2.44. The van der Waals surface area contributed by atoms with Crippen LogP contribution >= 0.6 is 0 Å². The fourth-order valence-electron chi connectivity index (χ4n) is 4.81. The zero-order valence-electron chi connectivity index (χ0n) is 25.3. The zero-order valence-corrected chi connectivity index (χ0v) is 25.3. The molecule has 0 saturated carbocycles. The lowest BCUT2D eigenvalue weighted by atomic mass is 9.93. The lowest BCUT2D eigenvalue weighted by molar-refractivity contribution is -0.249. The number of rotatable bonds is 12. The molecule has 7 atom stereocenters. The molecule has 12 heteroatoms. The maximum Gasteiger partial charge on any atom is 0.508 e. The van der Waals surface area contributed by atoms with Gasteiger partial charge in [0, 0.05) is 5.56 Å². The summed E-state index contributed by atoms with van der Waals surface area (Å²) in [4.78, 5) is 38.3. The van der Waals surface area contributed by atoms with Crippen LogP contribution in [-0.2, 0) is 47.4 Å². The Bertz CT molecular complexity index is 1100. The van der Waals surface area contributed by atoms with Gasteiger partial charge in [-0.1, -0.05) is 37.3 Å². The van der Waals surface area contributed by atoms with Crippen molar-refractivity contribution in [3.63, 3.8) is 0 Å². The number of esters is 1. The molecule has 1 aromatic carbocycles. The van der Waals surface area contributed by atoms with E-state index in [2.05, 4.69) is 0 Å². The Morgan fingerprint density at radius 3 is 2.29 bits per heavy atom. The normalized spacial score (nSPS) is 29.7. The van der Waals surface area contributed by atoms with Crippen molar-refractivity contribution in [1.29, 1.82) is 0 Å². The summed E-state index contributed by atoms with van der Waals surface area (Å²) >= 11 is 0. The Morgan fingerprint density at radius 2 is 1.64 bits per heavy atom. The Labute approximate surface area is 246 Å². The Balaban J connectivity index is 1.41. The third kappa shape index (κ3) is 7.86. The minimum absolute atomic E-state index is 0.113. The summed E-state index contributed by atoms with van der Waals surface area (Å²) in [6.07, 6.45) is -4.08. The maximum atomic E-state index is 13.6. The van der Waals surface area contributed by atoms with Crippen LogP contribution in [0.1, 0.15) is 65.2 Å². The van der Waals surface area contributed by atoms with E-state index >= 15 is 0 Å². The molecule has 0 N–H and O–H groups in total. The summed E-state index contributed by atoms with van der Waals surface area (Å²) < 4.78 is 52.0. The molecule has 4 unspecified atom stereocenters. The van der Waals surface area contributed by atoms with Crippen molar-refractivity contribution in [3.05, 3.63) is 35.9 Å². The molecule has 3 heterocycles. The van der Waals surface area contributed by atoms with Gasteiger partial charge in [-0.15, -0.1) is 0 Å². The first-order valence-electron chi connectivity index (χ1n) is 14.3. The van der Waals surface area contributed by atoms with E-state index in [1.807, 2.05) is 13.8 Å². The van der Waals surface area contributed by atoms with Gasteiger partial charge in [0.15, 0.2) is 30.1 Å². The Kier molecular flexibility index (Phi) is 9.96. The number of fused-ring (bicyclic) bond motifs is 1. The molecule has 234 valence electrons. The number of Topliss-reactive ketones (excluding diaryl/α,β-unsaturated/α-hetero) is 1. The predicted molar refractivity (Wildman–Crippen MR) is 145 cm³/mol. The number of ether oxygens (including phenoxy) is 9. The van der Waals surface area contributed by atoms with Crippen LogP contribution in [0.3, 0.4) is 0 Å². The van der Waals surface area contributed by atoms with E-state index in [-0.39, 0.29) is 25.1 Å². The molecule has 0 aromatic heterocycles.